The van der Waals surface area contributed by atoms with Gasteiger partial charge in [-0.15, -0.1) is 0 Å². The van der Waals surface area contributed by atoms with E-state index in [0.29, 0.717) is 0 Å². The molecule has 2 heterocycles. The molecule has 0 saturated heterocycles. The summed E-state index contributed by atoms with van der Waals surface area (Å²) in [4.78, 5) is 11.4. The van der Waals surface area contributed by atoms with Gasteiger partial charge < -0.3 is 15.5 Å². The second-order valence-corrected chi connectivity index (χ2v) is 4.37. The molecule has 5 heteroatoms. The van der Waals surface area contributed by atoms with Gasteiger partial charge in [0.1, 0.15) is 5.75 Å². The molecule has 2 aromatic heterocycles. The highest BCUT2D eigenvalue weighted by atomic mass is 16.5. The Labute approximate surface area is 110 Å². The summed E-state index contributed by atoms with van der Waals surface area (Å²) in [6, 6.07) is 5.91. The summed E-state index contributed by atoms with van der Waals surface area (Å²) >= 11 is 0. The number of H-pyrrole nitrogens is 1. The molecule has 0 fully saturated rings. The number of aromatic nitrogens is 3. The number of nitrogen functional groups attached to an aromatic ring is 1. The molecule has 3 aromatic rings. The second kappa shape index (κ2) is 4.28. The van der Waals surface area contributed by atoms with Crippen molar-refractivity contribution in [1.82, 2.24) is 15.0 Å². The minimum atomic E-state index is 0.269. The van der Waals surface area contributed by atoms with Crippen LogP contribution in [0.3, 0.4) is 0 Å². The predicted octanol–water partition coefficient (Wildman–Crippen LogP) is 2.52. The Balaban J connectivity index is 2.25. The third-order valence-electron chi connectivity index (χ3n) is 3.15. The van der Waals surface area contributed by atoms with Crippen molar-refractivity contribution in [3.8, 4) is 17.0 Å². The van der Waals surface area contributed by atoms with Crippen molar-refractivity contribution in [2.75, 3.05) is 12.8 Å². The first-order valence-corrected chi connectivity index (χ1v) is 5.93. The molecule has 0 amide bonds. The van der Waals surface area contributed by atoms with Crippen LogP contribution < -0.4 is 10.5 Å². The van der Waals surface area contributed by atoms with Crippen LogP contribution in [-0.4, -0.2) is 22.1 Å². The van der Waals surface area contributed by atoms with Gasteiger partial charge in [-0.3, -0.25) is 0 Å². The zero-order valence-electron chi connectivity index (χ0n) is 10.8. The van der Waals surface area contributed by atoms with Gasteiger partial charge in [-0.1, -0.05) is 0 Å². The van der Waals surface area contributed by atoms with Gasteiger partial charge in [-0.25, -0.2) is 9.97 Å². The molecule has 0 aliphatic carbocycles. The van der Waals surface area contributed by atoms with Crippen molar-refractivity contribution in [2.45, 2.75) is 6.92 Å². The van der Waals surface area contributed by atoms with Gasteiger partial charge in [0.2, 0.25) is 5.95 Å². The van der Waals surface area contributed by atoms with E-state index in [-0.39, 0.29) is 5.95 Å². The first-order chi connectivity index (χ1) is 9.19. The molecule has 0 unspecified atom stereocenters. The van der Waals surface area contributed by atoms with Crippen molar-refractivity contribution in [3.05, 3.63) is 36.2 Å². The molecule has 0 atom stereocenters. The minimum absolute atomic E-state index is 0.269. The Kier molecular flexibility index (Phi) is 2.59. The van der Waals surface area contributed by atoms with E-state index in [4.69, 9.17) is 10.5 Å². The number of nitrogens with zero attached hydrogens (tertiary/aromatic N) is 2. The van der Waals surface area contributed by atoms with Crippen LogP contribution in [0.15, 0.2) is 30.6 Å². The number of nitrogens with two attached hydrogens (primary N) is 1. The minimum Gasteiger partial charge on any atom is -0.496 e. The number of hydrogen-bond donors (Lipinski definition) is 2. The normalized spacial score (nSPS) is 10.8. The van der Waals surface area contributed by atoms with Gasteiger partial charge in [0.05, 0.1) is 12.8 Å². The van der Waals surface area contributed by atoms with E-state index in [2.05, 4.69) is 21.0 Å². The van der Waals surface area contributed by atoms with Crippen LogP contribution in [0.4, 0.5) is 5.95 Å². The molecule has 0 aliphatic rings. The number of benzene rings is 1. The smallest absolute Gasteiger partial charge is 0.220 e. The van der Waals surface area contributed by atoms with E-state index in [1.807, 2.05) is 25.3 Å². The van der Waals surface area contributed by atoms with Gasteiger partial charge in [0, 0.05) is 28.9 Å². The molecule has 0 radical (unpaired) electrons. The molecule has 19 heavy (non-hydrogen) atoms. The number of hydrogen-bond acceptors (Lipinski definition) is 4. The summed E-state index contributed by atoms with van der Waals surface area (Å²) in [6.07, 6.45) is 3.58. The lowest BCUT2D eigenvalue weighted by Crippen LogP contribution is -1.94. The highest BCUT2D eigenvalue weighted by Crippen LogP contribution is 2.32. The van der Waals surface area contributed by atoms with Crippen molar-refractivity contribution < 1.29 is 4.74 Å². The molecule has 5 nitrogen and oxygen atoms in total. The quantitative estimate of drug-likeness (QED) is 0.736. The van der Waals surface area contributed by atoms with Crippen LogP contribution in [0.5, 0.6) is 5.75 Å². The lowest BCUT2D eigenvalue weighted by atomic mass is 10.1. The zero-order chi connectivity index (χ0) is 13.4. The first-order valence-electron chi connectivity index (χ1n) is 5.93. The molecule has 0 spiro atoms. The van der Waals surface area contributed by atoms with E-state index in [1.54, 1.807) is 13.3 Å². The maximum atomic E-state index is 5.63. The monoisotopic (exact) mass is 254 g/mol. The highest BCUT2D eigenvalue weighted by molar-refractivity contribution is 5.96. The Bertz CT molecular complexity index is 748. The number of ether oxygens (including phenoxy) is 1. The average molecular weight is 254 g/mol. The Morgan fingerprint density at radius 2 is 2.16 bits per heavy atom. The molecule has 0 aliphatic heterocycles. The summed E-state index contributed by atoms with van der Waals surface area (Å²) in [6.45, 7) is 2.02. The van der Waals surface area contributed by atoms with E-state index < -0.39 is 0 Å². The maximum absolute atomic E-state index is 5.63. The third-order valence-corrected chi connectivity index (χ3v) is 3.15. The Morgan fingerprint density at radius 3 is 2.89 bits per heavy atom. The van der Waals surface area contributed by atoms with E-state index >= 15 is 0 Å². The highest BCUT2D eigenvalue weighted by Gasteiger charge is 2.10. The zero-order valence-corrected chi connectivity index (χ0v) is 10.8. The number of fused-ring (bicyclic) bond motifs is 1. The number of nitrogens with one attached hydrogen (secondary N) is 1. The van der Waals surface area contributed by atoms with Crippen molar-refractivity contribution in [1.29, 1.82) is 0 Å². The second-order valence-electron chi connectivity index (χ2n) is 4.37. The summed E-state index contributed by atoms with van der Waals surface area (Å²) in [5.41, 5.74) is 9.55. The lowest BCUT2D eigenvalue weighted by Gasteiger charge is -2.05. The largest absolute Gasteiger partial charge is 0.496 e. The van der Waals surface area contributed by atoms with Crippen LogP contribution in [0, 0.1) is 6.92 Å². The molecule has 3 rings (SSSR count). The van der Waals surface area contributed by atoms with Crippen molar-refractivity contribution in [3.63, 3.8) is 0 Å². The molecule has 1 aromatic carbocycles. The lowest BCUT2D eigenvalue weighted by molar-refractivity contribution is 0.412. The predicted molar refractivity (Wildman–Crippen MR) is 75.0 cm³/mol. The van der Waals surface area contributed by atoms with Crippen LogP contribution in [0.1, 0.15) is 5.56 Å². The average Bonchev–Trinajstić information content (AvgIpc) is 2.80. The molecular weight excluding hydrogens is 240 g/mol. The van der Waals surface area contributed by atoms with Crippen molar-refractivity contribution in [2.24, 2.45) is 0 Å². The first kappa shape index (κ1) is 11.5. The number of aromatic amines is 1. The van der Waals surface area contributed by atoms with Gasteiger partial charge in [0.15, 0.2) is 0 Å². The van der Waals surface area contributed by atoms with E-state index in [9.17, 15) is 0 Å². The molecular formula is C14H14N4O. The maximum Gasteiger partial charge on any atom is 0.220 e. The van der Waals surface area contributed by atoms with Crippen LogP contribution in [0.2, 0.25) is 0 Å². The number of rotatable bonds is 2. The Hall–Kier alpha value is -2.56. The summed E-state index contributed by atoms with van der Waals surface area (Å²) in [7, 11) is 1.67. The number of aryl methyl sites for hydroxylation is 1. The summed E-state index contributed by atoms with van der Waals surface area (Å²) in [5, 5.41) is 1.06. The van der Waals surface area contributed by atoms with Crippen LogP contribution in [-0.2, 0) is 0 Å². The van der Waals surface area contributed by atoms with Crippen LogP contribution >= 0.6 is 0 Å². The fourth-order valence-electron chi connectivity index (χ4n) is 2.21. The van der Waals surface area contributed by atoms with E-state index in [1.165, 1.54) is 0 Å². The topological polar surface area (TPSA) is 76.8 Å². The standard InChI is InChI=1S/C14H14N4O/c1-8-5-12-9(6-13(8)19-2)10(7-17-12)11-3-4-16-14(15)18-11/h3-7,17H,1-2H3,(H2,15,16,18). The molecule has 96 valence electrons. The summed E-state index contributed by atoms with van der Waals surface area (Å²) in [5.74, 6) is 1.13. The van der Waals surface area contributed by atoms with Gasteiger partial charge in [-0.2, -0.15) is 0 Å². The Morgan fingerprint density at radius 1 is 1.32 bits per heavy atom. The fourth-order valence-corrected chi connectivity index (χ4v) is 2.21. The van der Waals surface area contributed by atoms with Gasteiger partial charge in [0.25, 0.3) is 0 Å². The van der Waals surface area contributed by atoms with Gasteiger partial charge in [-0.05, 0) is 30.7 Å². The SMILES string of the molecule is COc1cc2c(-c3ccnc(N)n3)c[nH]c2cc1C. The third kappa shape index (κ3) is 1.89. The van der Waals surface area contributed by atoms with Crippen molar-refractivity contribution >= 4 is 16.9 Å². The molecule has 0 bridgehead atoms. The molecule has 3 N–H and O–H groups in total. The van der Waals surface area contributed by atoms with Crippen LogP contribution in [0.25, 0.3) is 22.2 Å². The van der Waals surface area contributed by atoms with Gasteiger partial charge >= 0.3 is 0 Å². The fraction of sp³-hybridized carbons (Fsp3) is 0.143. The molecule has 0 saturated carbocycles. The summed E-state index contributed by atoms with van der Waals surface area (Å²) < 4.78 is 5.37. The van der Waals surface area contributed by atoms with E-state index in [0.717, 1.165) is 33.5 Å². The number of anilines is 1. The number of methoxy groups -OCH3 is 1.